The van der Waals surface area contributed by atoms with Crippen molar-refractivity contribution in [2.24, 2.45) is 23.7 Å². The van der Waals surface area contributed by atoms with E-state index < -0.39 is 47.1 Å². The fourth-order valence-corrected chi connectivity index (χ4v) is 8.11. The summed E-state index contributed by atoms with van der Waals surface area (Å²) in [7, 11) is 0. The highest BCUT2D eigenvalue weighted by molar-refractivity contribution is 6.31. The third kappa shape index (κ3) is 11.3. The molecule has 0 spiro atoms. The van der Waals surface area contributed by atoms with Gasteiger partial charge in [0.05, 0.1) is 46.4 Å². The summed E-state index contributed by atoms with van der Waals surface area (Å²) in [5.74, 6) is -5.53. The zero-order chi connectivity index (χ0) is 47.1. The van der Waals surface area contributed by atoms with Crippen molar-refractivity contribution in [2.45, 2.75) is 25.7 Å². The number of pyridine rings is 2. The molecular weight excluding hydrogens is 889 g/mol. The molecule has 2 heterocycles. The highest BCUT2D eigenvalue weighted by Crippen LogP contribution is 2.38. The molecule has 0 aliphatic heterocycles. The van der Waals surface area contributed by atoms with Gasteiger partial charge in [0.2, 0.25) is 23.6 Å². The van der Waals surface area contributed by atoms with Crippen molar-refractivity contribution in [1.82, 2.24) is 9.13 Å². The zero-order valence-corrected chi connectivity index (χ0v) is 36.6. The molecule has 2 aromatic heterocycles. The Morgan fingerprint density at radius 2 is 0.818 bits per heavy atom. The van der Waals surface area contributed by atoms with Crippen LogP contribution in [0.25, 0.3) is 11.4 Å². The van der Waals surface area contributed by atoms with Crippen molar-refractivity contribution in [3.63, 3.8) is 0 Å². The van der Waals surface area contributed by atoms with Crippen LogP contribution in [0.2, 0.25) is 10.0 Å². The van der Waals surface area contributed by atoms with Crippen molar-refractivity contribution in [3.8, 4) is 11.4 Å². The minimum atomic E-state index is -0.685. The van der Waals surface area contributed by atoms with E-state index in [0.717, 1.165) is 11.1 Å². The van der Waals surface area contributed by atoms with Crippen LogP contribution in [0.3, 0.4) is 0 Å². The molecular formula is C50H42Cl2F2N6O6. The first-order chi connectivity index (χ1) is 31.6. The third-order valence-corrected chi connectivity index (χ3v) is 11.7. The molecule has 16 heteroatoms. The first kappa shape index (κ1) is 46.6. The maximum Gasteiger partial charge on any atom is 0.255 e. The number of amides is 4. The smallest absolute Gasteiger partial charge is 0.255 e. The van der Waals surface area contributed by atoms with E-state index >= 15 is 0 Å². The van der Waals surface area contributed by atoms with Gasteiger partial charge in [-0.1, -0.05) is 59.6 Å². The molecule has 4 amide bonds. The average Bonchev–Trinajstić information content (AvgIpc) is 3.90. The number of hydrogen-bond donors (Lipinski definition) is 4. The molecule has 0 radical (unpaired) electrons. The van der Waals surface area contributed by atoms with Crippen LogP contribution in [0.5, 0.6) is 0 Å². The van der Waals surface area contributed by atoms with E-state index in [1.165, 1.54) is 57.9 Å². The Morgan fingerprint density at radius 1 is 0.485 bits per heavy atom. The molecule has 2 aliphatic rings. The van der Waals surface area contributed by atoms with Crippen LogP contribution < -0.4 is 32.4 Å². The summed E-state index contributed by atoms with van der Waals surface area (Å²) in [6.07, 6.45) is 4.48. The van der Waals surface area contributed by atoms with Crippen LogP contribution in [-0.4, -0.2) is 32.8 Å². The van der Waals surface area contributed by atoms with Crippen molar-refractivity contribution in [1.29, 1.82) is 0 Å². The molecule has 2 saturated carbocycles. The SMILES string of the molecule is C=C1C[C@H](C(=O)Nc2ccc(Cl)cc2)[C@@H](C(=O)Nc2ccc(-n3ccccc3=O)cc2F)C1.C=C1C[C@H](C(=O)Nc2ccc(Cl)cc2)[C@H](C(=O)Nc2ccc(-n3ccccc3=O)cc2F)C1. The molecule has 12 nitrogen and oxygen atoms in total. The van der Waals surface area contributed by atoms with Crippen molar-refractivity contribution in [3.05, 3.63) is 200 Å². The summed E-state index contributed by atoms with van der Waals surface area (Å²) in [4.78, 5) is 75.5. The standard InChI is InChI=1S/2C25H21ClFN3O3/c2*1-15-12-19(24(32)28-17-7-5-16(26)6-8-17)20(13-15)25(33)29-22-10-9-18(14-21(22)27)30-11-3-2-4-23(30)31/h2*2-11,14,19-20H,1,12-13H2,(H,28,32)(H,29,33)/t19-,20+;19-,20-/m00/s1. The number of nitrogens with zero attached hydrogens (tertiary/aromatic N) is 2. The van der Waals surface area contributed by atoms with Crippen LogP contribution in [0, 0.1) is 35.3 Å². The topological polar surface area (TPSA) is 160 Å². The quantitative estimate of drug-likeness (QED) is 0.100. The first-order valence-electron chi connectivity index (χ1n) is 20.7. The molecule has 66 heavy (non-hydrogen) atoms. The fourth-order valence-electron chi connectivity index (χ4n) is 7.86. The van der Waals surface area contributed by atoms with Gasteiger partial charge in [0.25, 0.3) is 11.1 Å². The summed E-state index contributed by atoms with van der Waals surface area (Å²) in [6, 6.07) is 30.8. The lowest BCUT2D eigenvalue weighted by Gasteiger charge is -2.19. The number of benzene rings is 4. The molecule has 2 fully saturated rings. The second kappa shape index (κ2) is 20.6. The summed E-state index contributed by atoms with van der Waals surface area (Å²) in [5, 5.41) is 11.9. The van der Waals surface area contributed by atoms with E-state index in [-0.39, 0.29) is 34.3 Å². The Kier molecular flexibility index (Phi) is 14.5. The molecule has 0 unspecified atom stereocenters. The Hall–Kier alpha value is -7.42. The van der Waals surface area contributed by atoms with Gasteiger partial charge in [-0.2, -0.15) is 0 Å². The molecule has 336 valence electrons. The second-order valence-corrected chi connectivity index (χ2v) is 16.7. The summed E-state index contributed by atoms with van der Waals surface area (Å²) >= 11 is 11.8. The number of hydrogen-bond acceptors (Lipinski definition) is 6. The second-order valence-electron chi connectivity index (χ2n) is 15.9. The molecule has 4 atom stereocenters. The lowest BCUT2D eigenvalue weighted by Crippen LogP contribution is -2.33. The maximum absolute atomic E-state index is 14.7. The first-order valence-corrected chi connectivity index (χ1v) is 21.4. The predicted octanol–water partition coefficient (Wildman–Crippen LogP) is 9.58. The van der Waals surface area contributed by atoms with Gasteiger partial charge in [-0.3, -0.25) is 37.9 Å². The van der Waals surface area contributed by atoms with Gasteiger partial charge in [-0.15, -0.1) is 0 Å². The molecule has 0 saturated heterocycles. The van der Waals surface area contributed by atoms with E-state index in [2.05, 4.69) is 34.4 Å². The lowest BCUT2D eigenvalue weighted by atomic mass is 9.94. The number of allylic oxidation sites excluding steroid dienone is 2. The van der Waals surface area contributed by atoms with Crippen LogP contribution >= 0.6 is 23.2 Å². The van der Waals surface area contributed by atoms with E-state index in [9.17, 15) is 37.5 Å². The van der Waals surface area contributed by atoms with Crippen LogP contribution in [0.4, 0.5) is 31.5 Å². The van der Waals surface area contributed by atoms with Gasteiger partial charge < -0.3 is 21.3 Å². The molecule has 6 aromatic rings. The summed E-state index contributed by atoms with van der Waals surface area (Å²) < 4.78 is 32.1. The minimum Gasteiger partial charge on any atom is -0.326 e. The largest absolute Gasteiger partial charge is 0.326 e. The number of halogens is 4. The number of carbonyl (C=O) groups is 4. The monoisotopic (exact) mass is 930 g/mol. The van der Waals surface area contributed by atoms with E-state index in [1.807, 2.05) is 0 Å². The minimum absolute atomic E-state index is 0.0258. The zero-order valence-electron chi connectivity index (χ0n) is 35.1. The molecule has 4 aromatic carbocycles. The Bertz CT molecular complexity index is 2770. The van der Waals surface area contributed by atoms with Crippen molar-refractivity contribution in [2.75, 3.05) is 21.3 Å². The van der Waals surface area contributed by atoms with Gasteiger partial charge >= 0.3 is 0 Å². The number of rotatable bonds is 10. The van der Waals surface area contributed by atoms with E-state index in [4.69, 9.17) is 23.2 Å². The number of nitrogens with one attached hydrogen (secondary N) is 4. The van der Waals surface area contributed by atoms with E-state index in [1.54, 1.807) is 84.9 Å². The van der Waals surface area contributed by atoms with Gasteiger partial charge in [0.1, 0.15) is 11.6 Å². The van der Waals surface area contributed by atoms with E-state index in [0.29, 0.717) is 58.5 Å². The molecule has 2 aliphatic carbocycles. The molecule has 0 bridgehead atoms. The van der Waals surface area contributed by atoms with Crippen LogP contribution in [0.1, 0.15) is 25.7 Å². The van der Waals surface area contributed by atoms with Gasteiger partial charge in [0.15, 0.2) is 0 Å². The number of anilines is 4. The highest BCUT2D eigenvalue weighted by atomic mass is 35.5. The lowest BCUT2D eigenvalue weighted by molar-refractivity contribution is -0.128. The van der Waals surface area contributed by atoms with Crippen molar-refractivity contribution < 1.29 is 28.0 Å². The van der Waals surface area contributed by atoms with Gasteiger partial charge in [-0.25, -0.2) is 8.78 Å². The third-order valence-electron chi connectivity index (χ3n) is 11.2. The Morgan fingerprint density at radius 3 is 1.14 bits per heavy atom. The van der Waals surface area contributed by atoms with Gasteiger partial charge in [-0.05, 0) is 111 Å². The van der Waals surface area contributed by atoms with Crippen molar-refractivity contribution >= 4 is 69.6 Å². The summed E-state index contributed by atoms with van der Waals surface area (Å²) in [6.45, 7) is 7.86. The molecule has 4 N–H and O–H groups in total. The Balaban J connectivity index is 0.000000196. The summed E-state index contributed by atoms with van der Waals surface area (Å²) in [5.41, 5.74) is 2.73. The van der Waals surface area contributed by atoms with Crippen LogP contribution in [0.15, 0.2) is 168 Å². The fraction of sp³-hybridized carbons (Fsp3) is 0.160. The average molecular weight is 932 g/mol. The van der Waals surface area contributed by atoms with Crippen LogP contribution in [-0.2, 0) is 19.2 Å². The Labute approximate surface area is 387 Å². The number of aromatic nitrogens is 2. The highest BCUT2D eigenvalue weighted by Gasteiger charge is 2.41. The number of carbonyl (C=O) groups excluding carboxylic acids is 4. The normalized spacial score (nSPS) is 17.6. The maximum atomic E-state index is 14.7. The van der Waals surface area contributed by atoms with Gasteiger partial charge in [0, 0.05) is 58.1 Å². The molecule has 8 rings (SSSR count). The predicted molar refractivity (Wildman–Crippen MR) is 252 cm³/mol.